The lowest BCUT2D eigenvalue weighted by molar-refractivity contribution is 0.0520. The van der Waals surface area contributed by atoms with Crippen molar-refractivity contribution in [1.29, 1.82) is 0 Å². The first-order valence-corrected chi connectivity index (χ1v) is 7.65. The Labute approximate surface area is 143 Å². The van der Waals surface area contributed by atoms with Gasteiger partial charge in [0, 0.05) is 25.1 Å². The Hall–Kier alpha value is -2.90. The highest BCUT2D eigenvalue weighted by Gasteiger charge is 2.20. The van der Waals surface area contributed by atoms with Gasteiger partial charge in [-0.2, -0.15) is 0 Å². The smallest absolute Gasteiger partial charge is 0.354 e. The number of carbonyl (C=O) groups excluding carboxylic acids is 2. The lowest BCUT2D eigenvalue weighted by Crippen LogP contribution is -2.19. The van der Waals surface area contributed by atoms with Crippen LogP contribution in [0.5, 0.6) is 5.75 Å². The summed E-state index contributed by atoms with van der Waals surface area (Å²) in [4.78, 5) is 26.3. The summed E-state index contributed by atoms with van der Waals surface area (Å²) in [5.41, 5.74) is -0.0303. The number of carbonyl (C=O) groups is 2. The van der Waals surface area contributed by atoms with Gasteiger partial charge in [0.05, 0.1) is 13.2 Å². The summed E-state index contributed by atoms with van der Waals surface area (Å²) in [6, 6.07) is 4.91. The molecule has 25 heavy (non-hydrogen) atoms. The number of aromatic amines is 1. The molecule has 6 nitrogen and oxygen atoms in total. The summed E-state index contributed by atoms with van der Waals surface area (Å²) in [6.07, 6.45) is -0.0361. The fourth-order valence-electron chi connectivity index (χ4n) is 2.20. The van der Waals surface area contributed by atoms with Gasteiger partial charge in [-0.05, 0) is 19.1 Å². The highest BCUT2D eigenvalue weighted by Crippen LogP contribution is 2.22. The van der Waals surface area contributed by atoms with Gasteiger partial charge in [0.25, 0.3) is 5.91 Å². The maximum atomic E-state index is 13.6. The van der Waals surface area contributed by atoms with E-state index in [1.165, 1.54) is 19.2 Å². The van der Waals surface area contributed by atoms with Crippen LogP contribution >= 0.6 is 0 Å². The van der Waals surface area contributed by atoms with Gasteiger partial charge in [0.2, 0.25) is 0 Å². The summed E-state index contributed by atoms with van der Waals surface area (Å²) < 4.78 is 37.5. The fourth-order valence-corrected chi connectivity index (χ4v) is 2.20. The maximum absolute atomic E-state index is 13.6. The van der Waals surface area contributed by atoms with Crippen molar-refractivity contribution >= 4 is 11.9 Å². The summed E-state index contributed by atoms with van der Waals surface area (Å²) in [5.74, 6) is -2.38. The lowest BCUT2D eigenvalue weighted by atomic mass is 10.1. The molecule has 0 atom stereocenters. The second kappa shape index (κ2) is 8.27. The maximum Gasteiger partial charge on any atom is 0.354 e. The first-order valence-electron chi connectivity index (χ1n) is 7.65. The number of ether oxygens (including phenoxy) is 2. The van der Waals surface area contributed by atoms with Crippen LogP contribution in [0.1, 0.15) is 33.5 Å². The van der Waals surface area contributed by atoms with E-state index in [9.17, 15) is 18.4 Å². The highest BCUT2D eigenvalue weighted by atomic mass is 19.1. The number of esters is 1. The van der Waals surface area contributed by atoms with E-state index in [1.807, 2.05) is 0 Å². The van der Waals surface area contributed by atoms with E-state index in [0.717, 1.165) is 12.1 Å². The van der Waals surface area contributed by atoms with Crippen molar-refractivity contribution in [3.8, 4) is 5.75 Å². The molecule has 0 spiro atoms. The monoisotopic (exact) mass is 352 g/mol. The van der Waals surface area contributed by atoms with Crippen LogP contribution in [0.2, 0.25) is 0 Å². The van der Waals surface area contributed by atoms with E-state index in [-0.39, 0.29) is 42.3 Å². The molecule has 2 aromatic rings. The van der Waals surface area contributed by atoms with Gasteiger partial charge < -0.3 is 19.8 Å². The molecule has 0 aliphatic heterocycles. The zero-order valence-corrected chi connectivity index (χ0v) is 13.8. The summed E-state index contributed by atoms with van der Waals surface area (Å²) in [7, 11) is 1.42. The molecular formula is C17H18F2N2O4. The van der Waals surface area contributed by atoms with Crippen molar-refractivity contribution in [2.24, 2.45) is 0 Å². The number of aromatic nitrogens is 1. The third-order valence-corrected chi connectivity index (χ3v) is 3.40. The van der Waals surface area contributed by atoms with Crippen LogP contribution in [-0.2, 0) is 11.2 Å². The Morgan fingerprint density at radius 3 is 2.52 bits per heavy atom. The average molecular weight is 352 g/mol. The van der Waals surface area contributed by atoms with Crippen LogP contribution in [-0.4, -0.2) is 37.1 Å². The highest BCUT2D eigenvalue weighted by molar-refractivity contribution is 5.98. The number of hydrogen-bond donors (Lipinski definition) is 2. The number of H-pyrrole nitrogens is 1. The van der Waals surface area contributed by atoms with Crippen LogP contribution in [0.4, 0.5) is 8.78 Å². The zero-order valence-electron chi connectivity index (χ0n) is 13.8. The first kappa shape index (κ1) is 18.4. The van der Waals surface area contributed by atoms with Gasteiger partial charge in [-0.3, -0.25) is 4.79 Å². The number of amides is 1. The van der Waals surface area contributed by atoms with E-state index < -0.39 is 23.5 Å². The summed E-state index contributed by atoms with van der Waals surface area (Å²) in [5, 5.41) is 2.41. The van der Waals surface area contributed by atoms with Crippen LogP contribution in [0, 0.1) is 11.6 Å². The molecule has 1 aromatic heterocycles. The van der Waals surface area contributed by atoms with Gasteiger partial charge in [-0.1, -0.05) is 6.07 Å². The molecule has 0 saturated carbocycles. The second-order valence-electron chi connectivity index (χ2n) is 5.02. The van der Waals surface area contributed by atoms with E-state index in [0.29, 0.717) is 0 Å². The van der Waals surface area contributed by atoms with Crippen molar-refractivity contribution < 1.29 is 27.8 Å². The first-order chi connectivity index (χ1) is 12.0. The van der Waals surface area contributed by atoms with Crippen LogP contribution in [0.15, 0.2) is 24.3 Å². The normalized spacial score (nSPS) is 10.4. The molecule has 0 aliphatic carbocycles. The molecule has 134 valence electrons. The summed E-state index contributed by atoms with van der Waals surface area (Å²) in [6.45, 7) is 1.75. The van der Waals surface area contributed by atoms with Crippen molar-refractivity contribution in [3.05, 3.63) is 52.9 Å². The molecule has 0 radical (unpaired) electrons. The molecule has 0 bridgehead atoms. The van der Waals surface area contributed by atoms with Crippen LogP contribution in [0.3, 0.4) is 0 Å². The molecule has 1 aromatic carbocycles. The molecule has 8 heteroatoms. The van der Waals surface area contributed by atoms with E-state index in [4.69, 9.17) is 9.47 Å². The number of nitrogens with one attached hydrogen (secondary N) is 2. The fraction of sp³-hybridized carbons (Fsp3) is 0.294. The Morgan fingerprint density at radius 2 is 1.92 bits per heavy atom. The van der Waals surface area contributed by atoms with Crippen LogP contribution < -0.4 is 10.1 Å². The van der Waals surface area contributed by atoms with E-state index >= 15 is 0 Å². The van der Waals surface area contributed by atoms with Crippen LogP contribution in [0.25, 0.3) is 0 Å². The van der Waals surface area contributed by atoms with Gasteiger partial charge in [0.1, 0.15) is 23.0 Å². The number of rotatable bonds is 7. The number of hydrogen-bond acceptors (Lipinski definition) is 4. The van der Waals surface area contributed by atoms with Gasteiger partial charge in [-0.15, -0.1) is 0 Å². The Balaban J connectivity index is 2.14. The van der Waals surface area contributed by atoms with Gasteiger partial charge in [0.15, 0.2) is 5.75 Å². The minimum absolute atomic E-state index is 0.0274. The van der Waals surface area contributed by atoms with Crippen molar-refractivity contribution in [2.45, 2.75) is 13.3 Å². The zero-order chi connectivity index (χ0) is 18.4. The van der Waals surface area contributed by atoms with E-state index in [2.05, 4.69) is 10.3 Å². The predicted molar refractivity (Wildman–Crippen MR) is 85.7 cm³/mol. The predicted octanol–water partition coefficient (Wildman–Crippen LogP) is 2.45. The molecule has 2 rings (SSSR count). The molecule has 1 amide bonds. The molecule has 0 fully saturated rings. The van der Waals surface area contributed by atoms with Gasteiger partial charge >= 0.3 is 5.97 Å². The SMILES string of the molecule is CCOC(=O)c1cc(OCCc2c(F)cccc2F)c(C(=O)NC)[nH]1. The summed E-state index contributed by atoms with van der Waals surface area (Å²) >= 11 is 0. The Kier molecular flexibility index (Phi) is 6.10. The molecular weight excluding hydrogens is 334 g/mol. The molecule has 0 unspecified atom stereocenters. The van der Waals surface area contributed by atoms with Crippen molar-refractivity contribution in [3.63, 3.8) is 0 Å². The topological polar surface area (TPSA) is 80.4 Å². The molecule has 0 aliphatic rings. The Bertz CT molecular complexity index is 754. The average Bonchev–Trinajstić information content (AvgIpc) is 3.01. The molecule has 0 saturated heterocycles. The lowest BCUT2D eigenvalue weighted by Gasteiger charge is -2.08. The quantitative estimate of drug-likeness (QED) is 0.750. The van der Waals surface area contributed by atoms with Crippen molar-refractivity contribution in [1.82, 2.24) is 10.3 Å². The number of benzene rings is 1. The minimum Gasteiger partial charge on any atom is -0.491 e. The van der Waals surface area contributed by atoms with Crippen molar-refractivity contribution in [2.75, 3.05) is 20.3 Å². The third kappa shape index (κ3) is 4.34. The van der Waals surface area contributed by atoms with E-state index in [1.54, 1.807) is 6.92 Å². The molecule has 2 N–H and O–H groups in total. The standard InChI is InChI=1S/C17H18F2N2O4/c1-3-24-17(23)13-9-14(15(21-13)16(22)20-2)25-8-7-10-11(18)5-4-6-12(10)19/h4-6,9,21H,3,7-8H2,1-2H3,(H,20,22). The van der Waals surface area contributed by atoms with Gasteiger partial charge in [-0.25, -0.2) is 13.6 Å². The minimum atomic E-state index is -0.670. The number of halogens is 2. The second-order valence-corrected chi connectivity index (χ2v) is 5.02. The Morgan fingerprint density at radius 1 is 1.24 bits per heavy atom. The largest absolute Gasteiger partial charge is 0.491 e. The molecule has 1 heterocycles. The third-order valence-electron chi connectivity index (χ3n) is 3.40.